The summed E-state index contributed by atoms with van der Waals surface area (Å²) in [4.78, 5) is 4.22. The summed E-state index contributed by atoms with van der Waals surface area (Å²) >= 11 is 1.93. The van der Waals surface area contributed by atoms with E-state index in [4.69, 9.17) is 10.2 Å². The number of imidazole rings is 1. The molecule has 2 N–H and O–H groups in total. The van der Waals surface area contributed by atoms with Crippen LogP contribution >= 0.6 is 22.6 Å². The lowest BCUT2D eigenvalue weighted by Crippen LogP contribution is -2.03. The van der Waals surface area contributed by atoms with Gasteiger partial charge in [0, 0.05) is 6.07 Å². The smallest absolute Gasteiger partial charge is 0.201 e. The van der Waals surface area contributed by atoms with Gasteiger partial charge in [0.15, 0.2) is 0 Å². The number of nitrogen functional groups attached to an aromatic ring is 1. The van der Waals surface area contributed by atoms with E-state index in [-0.39, 0.29) is 5.82 Å². The third-order valence-electron chi connectivity index (χ3n) is 2.71. The Morgan fingerprint density at radius 1 is 1.44 bits per heavy atom. The second kappa shape index (κ2) is 4.27. The highest BCUT2D eigenvalue weighted by molar-refractivity contribution is 14.1. The van der Waals surface area contributed by atoms with Gasteiger partial charge in [-0.15, -0.1) is 0 Å². The number of rotatable bonds is 2. The Morgan fingerprint density at radius 3 is 3.00 bits per heavy atom. The second-order valence-corrected chi connectivity index (χ2v) is 5.05. The van der Waals surface area contributed by atoms with Crippen molar-refractivity contribution in [1.29, 1.82) is 0 Å². The lowest BCUT2D eigenvalue weighted by molar-refractivity contribution is 0.497. The van der Waals surface area contributed by atoms with Crippen molar-refractivity contribution in [3.63, 3.8) is 0 Å². The molecular weight excluding hydrogens is 348 g/mol. The summed E-state index contributed by atoms with van der Waals surface area (Å²) in [6.45, 7) is 0.440. The first-order chi connectivity index (χ1) is 8.65. The molecule has 0 aliphatic heterocycles. The highest BCUT2D eigenvalue weighted by atomic mass is 127. The molecular formula is C12H9FIN3O. The molecule has 92 valence electrons. The molecule has 18 heavy (non-hydrogen) atoms. The first kappa shape index (κ1) is 11.5. The van der Waals surface area contributed by atoms with Gasteiger partial charge in [-0.1, -0.05) is 0 Å². The summed E-state index contributed by atoms with van der Waals surface area (Å²) in [6.07, 6.45) is 1.59. The van der Waals surface area contributed by atoms with Gasteiger partial charge in [-0.25, -0.2) is 9.37 Å². The normalized spacial score (nSPS) is 11.2. The Labute approximate surface area is 116 Å². The molecule has 0 saturated heterocycles. The van der Waals surface area contributed by atoms with Crippen molar-refractivity contribution in [3.05, 3.63) is 45.7 Å². The third-order valence-corrected chi connectivity index (χ3v) is 3.54. The maximum atomic E-state index is 13.6. The largest absolute Gasteiger partial charge is 0.467 e. The average Bonchev–Trinajstić information content (AvgIpc) is 2.92. The highest BCUT2D eigenvalue weighted by Gasteiger charge is 2.12. The van der Waals surface area contributed by atoms with Crippen LogP contribution < -0.4 is 5.73 Å². The molecule has 0 bridgehead atoms. The Bertz CT molecular complexity index is 706. The second-order valence-electron chi connectivity index (χ2n) is 3.89. The topological polar surface area (TPSA) is 57.0 Å². The van der Waals surface area contributed by atoms with E-state index in [1.165, 1.54) is 6.07 Å². The minimum absolute atomic E-state index is 0.274. The summed E-state index contributed by atoms with van der Waals surface area (Å²) in [6, 6.07) is 6.77. The minimum Gasteiger partial charge on any atom is -0.467 e. The van der Waals surface area contributed by atoms with Crippen LogP contribution in [0.3, 0.4) is 0 Å². The lowest BCUT2D eigenvalue weighted by Gasteiger charge is -2.04. The molecule has 3 rings (SSSR count). The zero-order chi connectivity index (χ0) is 12.7. The maximum absolute atomic E-state index is 13.6. The van der Waals surface area contributed by atoms with Gasteiger partial charge in [-0.3, -0.25) is 0 Å². The maximum Gasteiger partial charge on any atom is 0.201 e. The fraction of sp³-hybridized carbons (Fsp3) is 0.0833. The number of furan rings is 1. The summed E-state index contributed by atoms with van der Waals surface area (Å²) in [5.41, 5.74) is 7.21. The monoisotopic (exact) mass is 357 g/mol. The van der Waals surface area contributed by atoms with Crippen molar-refractivity contribution in [1.82, 2.24) is 9.55 Å². The van der Waals surface area contributed by atoms with Crippen molar-refractivity contribution in [2.24, 2.45) is 0 Å². The number of halogens is 2. The number of hydrogen-bond acceptors (Lipinski definition) is 3. The van der Waals surface area contributed by atoms with Crippen LogP contribution in [0.15, 0.2) is 34.9 Å². The summed E-state index contributed by atoms with van der Waals surface area (Å²) in [7, 11) is 0. The first-order valence-corrected chi connectivity index (χ1v) is 6.36. The molecule has 1 aromatic carbocycles. The average molecular weight is 357 g/mol. The fourth-order valence-electron chi connectivity index (χ4n) is 1.86. The summed E-state index contributed by atoms with van der Waals surface area (Å²) in [5.74, 6) is 0.825. The molecule has 0 unspecified atom stereocenters. The van der Waals surface area contributed by atoms with Gasteiger partial charge in [-0.05, 0) is 40.8 Å². The van der Waals surface area contributed by atoms with Crippen molar-refractivity contribution in [2.75, 3.05) is 5.73 Å². The van der Waals surface area contributed by atoms with Gasteiger partial charge in [0.05, 0.1) is 27.4 Å². The molecule has 0 saturated carbocycles. The van der Waals surface area contributed by atoms with E-state index in [2.05, 4.69) is 4.98 Å². The Balaban J connectivity index is 2.16. The molecule has 0 atom stereocenters. The zero-order valence-corrected chi connectivity index (χ0v) is 11.4. The molecule has 6 heteroatoms. The highest BCUT2D eigenvalue weighted by Crippen LogP contribution is 2.23. The molecule has 2 aromatic heterocycles. The van der Waals surface area contributed by atoms with Gasteiger partial charge in [0.25, 0.3) is 0 Å². The molecule has 0 radical (unpaired) electrons. The summed E-state index contributed by atoms with van der Waals surface area (Å²) < 4.78 is 21.1. The van der Waals surface area contributed by atoms with Crippen molar-refractivity contribution < 1.29 is 8.81 Å². The zero-order valence-electron chi connectivity index (χ0n) is 9.23. The number of nitrogens with zero attached hydrogens (tertiary/aromatic N) is 2. The molecule has 4 nitrogen and oxygen atoms in total. The van der Waals surface area contributed by atoms with Crippen LogP contribution in [0.2, 0.25) is 0 Å². The number of nitrogens with two attached hydrogens (primary N) is 1. The molecule has 2 heterocycles. The minimum atomic E-state index is -0.274. The van der Waals surface area contributed by atoms with Crippen LogP contribution in [0.4, 0.5) is 10.3 Å². The summed E-state index contributed by atoms with van der Waals surface area (Å²) in [5, 5.41) is 0. The molecule has 0 fully saturated rings. The van der Waals surface area contributed by atoms with Crippen LogP contribution in [0.5, 0.6) is 0 Å². The number of benzene rings is 1. The van der Waals surface area contributed by atoms with Crippen LogP contribution in [0.1, 0.15) is 5.76 Å². The fourth-order valence-corrected chi connectivity index (χ4v) is 2.31. The van der Waals surface area contributed by atoms with Gasteiger partial charge < -0.3 is 14.7 Å². The quantitative estimate of drug-likeness (QED) is 0.718. The van der Waals surface area contributed by atoms with Crippen molar-refractivity contribution in [3.8, 4) is 0 Å². The van der Waals surface area contributed by atoms with E-state index in [0.29, 0.717) is 27.1 Å². The Kier molecular flexibility index (Phi) is 2.73. The predicted octanol–water partition coefficient (Wildman–Crippen LogP) is 3.00. The Hall–Kier alpha value is -1.57. The van der Waals surface area contributed by atoms with E-state index in [1.54, 1.807) is 23.0 Å². The molecule has 3 aromatic rings. The third kappa shape index (κ3) is 1.86. The molecule has 0 aliphatic carbocycles. The number of fused-ring (bicyclic) bond motifs is 1. The van der Waals surface area contributed by atoms with Gasteiger partial charge >= 0.3 is 0 Å². The van der Waals surface area contributed by atoms with Crippen LogP contribution in [-0.4, -0.2) is 9.55 Å². The molecule has 0 spiro atoms. The van der Waals surface area contributed by atoms with Crippen LogP contribution in [-0.2, 0) is 6.54 Å². The molecule has 0 aliphatic rings. The van der Waals surface area contributed by atoms with Gasteiger partial charge in [0.2, 0.25) is 5.95 Å². The van der Waals surface area contributed by atoms with E-state index < -0.39 is 0 Å². The van der Waals surface area contributed by atoms with E-state index >= 15 is 0 Å². The van der Waals surface area contributed by atoms with Gasteiger partial charge in [0.1, 0.15) is 11.6 Å². The van der Waals surface area contributed by atoms with Gasteiger partial charge in [-0.2, -0.15) is 0 Å². The number of hydrogen-bond donors (Lipinski definition) is 1. The number of aromatic nitrogens is 2. The number of anilines is 1. The predicted molar refractivity (Wildman–Crippen MR) is 74.6 cm³/mol. The van der Waals surface area contributed by atoms with E-state index in [1.807, 2.05) is 28.7 Å². The van der Waals surface area contributed by atoms with Crippen LogP contribution in [0.25, 0.3) is 11.0 Å². The Morgan fingerprint density at radius 2 is 2.28 bits per heavy atom. The van der Waals surface area contributed by atoms with Crippen molar-refractivity contribution >= 4 is 39.6 Å². The van der Waals surface area contributed by atoms with Crippen molar-refractivity contribution in [2.45, 2.75) is 6.54 Å². The SMILES string of the molecule is Nc1nc2cc(I)c(F)cc2n1Cc1ccco1. The lowest BCUT2D eigenvalue weighted by atomic mass is 10.3. The van der Waals surface area contributed by atoms with E-state index in [0.717, 1.165) is 5.76 Å². The first-order valence-electron chi connectivity index (χ1n) is 5.28. The van der Waals surface area contributed by atoms with E-state index in [9.17, 15) is 4.39 Å². The van der Waals surface area contributed by atoms with Crippen LogP contribution in [0, 0.1) is 9.39 Å². The molecule has 0 amide bonds. The standard InChI is InChI=1S/C12H9FIN3O/c13-8-4-11-10(5-9(8)14)16-12(15)17(11)6-7-2-1-3-18-7/h1-5H,6H2,(H2,15,16).